The van der Waals surface area contributed by atoms with Crippen molar-refractivity contribution < 1.29 is 19.0 Å². The molecule has 2 rings (SSSR count). The maximum absolute atomic E-state index is 12.6. The number of nitriles is 1. The molecular weight excluding hydrogens is 368 g/mol. The number of benzene rings is 1. The lowest BCUT2D eigenvalue weighted by Gasteiger charge is -2.28. The average Bonchev–Trinajstić information content (AvgIpc) is 2.62. The smallest absolute Gasteiger partial charge is 0.338 e. The van der Waals surface area contributed by atoms with Crippen molar-refractivity contribution in [2.75, 3.05) is 13.2 Å². The normalized spacial score (nSPS) is 16.6. The number of unbranched alkanes of at least 4 members (excludes halogenated alkanes) is 1. The standard InChI is InChI=1S/C20H23ClN2O4/c1-4-6-9-26-16-8-7-13(21)10-14(16)18-15(11-22)19(23)27-12(3)17(18)20(24)25-5-2/h7-8,10,18H,4-6,9,23H2,1-3H3. The Labute approximate surface area is 164 Å². The molecule has 2 N–H and O–H groups in total. The molecule has 1 aliphatic heterocycles. The van der Waals surface area contributed by atoms with Crippen LogP contribution in [0.3, 0.4) is 0 Å². The second kappa shape index (κ2) is 9.33. The number of esters is 1. The van der Waals surface area contributed by atoms with Crippen LogP contribution in [0.5, 0.6) is 5.75 Å². The number of allylic oxidation sites excluding steroid dienone is 2. The molecular formula is C20H23ClN2O4. The SMILES string of the molecule is CCCCOc1ccc(Cl)cc1C1C(C#N)=C(N)OC(C)=C1C(=O)OCC. The summed E-state index contributed by atoms with van der Waals surface area (Å²) in [6, 6.07) is 7.16. The van der Waals surface area contributed by atoms with Crippen molar-refractivity contribution in [3.05, 3.63) is 51.6 Å². The molecule has 6 nitrogen and oxygen atoms in total. The van der Waals surface area contributed by atoms with Gasteiger partial charge < -0.3 is 19.9 Å². The summed E-state index contributed by atoms with van der Waals surface area (Å²) in [6.45, 7) is 6.08. The van der Waals surface area contributed by atoms with Gasteiger partial charge in [-0.15, -0.1) is 0 Å². The first-order valence-electron chi connectivity index (χ1n) is 8.82. The van der Waals surface area contributed by atoms with Gasteiger partial charge in [0, 0.05) is 10.6 Å². The summed E-state index contributed by atoms with van der Waals surface area (Å²) >= 11 is 6.20. The summed E-state index contributed by atoms with van der Waals surface area (Å²) in [5.41, 5.74) is 6.83. The lowest BCUT2D eigenvalue weighted by molar-refractivity contribution is -0.139. The van der Waals surface area contributed by atoms with Crippen LogP contribution in [0.15, 0.2) is 41.0 Å². The first-order valence-corrected chi connectivity index (χ1v) is 9.20. The van der Waals surface area contributed by atoms with E-state index < -0.39 is 11.9 Å². The van der Waals surface area contributed by atoms with Gasteiger partial charge in [-0.25, -0.2) is 4.79 Å². The molecule has 7 heteroatoms. The molecule has 0 bridgehead atoms. The lowest BCUT2D eigenvalue weighted by Crippen LogP contribution is -2.26. The van der Waals surface area contributed by atoms with Crippen molar-refractivity contribution in [3.8, 4) is 11.8 Å². The third-order valence-corrected chi connectivity index (χ3v) is 4.37. The zero-order valence-electron chi connectivity index (χ0n) is 15.7. The van der Waals surface area contributed by atoms with Crippen LogP contribution in [-0.4, -0.2) is 19.2 Å². The van der Waals surface area contributed by atoms with Gasteiger partial charge in [-0.05, 0) is 38.5 Å². The maximum Gasteiger partial charge on any atom is 0.338 e. The van der Waals surface area contributed by atoms with Gasteiger partial charge in [-0.1, -0.05) is 24.9 Å². The Bertz CT molecular complexity index is 824. The molecule has 0 radical (unpaired) electrons. The van der Waals surface area contributed by atoms with Crippen LogP contribution in [-0.2, 0) is 14.3 Å². The molecule has 1 heterocycles. The molecule has 0 aliphatic carbocycles. The summed E-state index contributed by atoms with van der Waals surface area (Å²) in [5, 5.41) is 10.1. The Morgan fingerprint density at radius 1 is 1.41 bits per heavy atom. The fourth-order valence-corrected chi connectivity index (χ4v) is 3.05. The molecule has 0 saturated heterocycles. The van der Waals surface area contributed by atoms with E-state index >= 15 is 0 Å². The minimum absolute atomic E-state index is 0.0486. The first kappa shape index (κ1) is 20.7. The Kier molecular flexibility index (Phi) is 7.14. The van der Waals surface area contributed by atoms with Gasteiger partial charge in [0.25, 0.3) is 0 Å². The van der Waals surface area contributed by atoms with Gasteiger partial charge in [0.1, 0.15) is 23.2 Å². The number of nitrogens with two attached hydrogens (primary N) is 1. The number of hydrogen-bond acceptors (Lipinski definition) is 6. The van der Waals surface area contributed by atoms with Crippen LogP contribution in [0.25, 0.3) is 0 Å². The van der Waals surface area contributed by atoms with Gasteiger partial charge in [-0.2, -0.15) is 5.26 Å². The van der Waals surface area contributed by atoms with E-state index in [0.29, 0.717) is 22.9 Å². The number of carbonyl (C=O) groups is 1. The van der Waals surface area contributed by atoms with Gasteiger partial charge in [0.2, 0.25) is 5.88 Å². The largest absolute Gasteiger partial charge is 0.493 e. The molecule has 0 spiro atoms. The van der Waals surface area contributed by atoms with Crippen LogP contribution in [0, 0.1) is 11.3 Å². The zero-order valence-corrected chi connectivity index (χ0v) is 16.4. The summed E-state index contributed by atoms with van der Waals surface area (Å²) in [4.78, 5) is 12.6. The van der Waals surface area contributed by atoms with E-state index in [2.05, 4.69) is 13.0 Å². The van der Waals surface area contributed by atoms with E-state index in [0.717, 1.165) is 12.8 Å². The molecule has 27 heavy (non-hydrogen) atoms. The van der Waals surface area contributed by atoms with Crippen molar-refractivity contribution in [3.63, 3.8) is 0 Å². The van der Waals surface area contributed by atoms with Crippen molar-refractivity contribution in [2.24, 2.45) is 5.73 Å². The summed E-state index contributed by atoms with van der Waals surface area (Å²) in [5.74, 6) is -0.574. The Morgan fingerprint density at radius 3 is 2.78 bits per heavy atom. The Morgan fingerprint density at radius 2 is 2.15 bits per heavy atom. The van der Waals surface area contributed by atoms with E-state index in [4.69, 9.17) is 31.5 Å². The van der Waals surface area contributed by atoms with E-state index in [-0.39, 0.29) is 29.4 Å². The number of nitrogens with zero attached hydrogens (tertiary/aromatic N) is 1. The molecule has 1 unspecified atom stereocenters. The molecule has 144 valence electrons. The number of carbonyl (C=O) groups excluding carboxylic acids is 1. The van der Waals surface area contributed by atoms with Gasteiger partial charge >= 0.3 is 5.97 Å². The summed E-state index contributed by atoms with van der Waals surface area (Å²) in [6.07, 6.45) is 1.85. The number of ether oxygens (including phenoxy) is 3. The molecule has 0 saturated carbocycles. The monoisotopic (exact) mass is 390 g/mol. The second-order valence-corrected chi connectivity index (χ2v) is 6.44. The second-order valence-electron chi connectivity index (χ2n) is 6.00. The molecule has 1 aliphatic rings. The quantitative estimate of drug-likeness (QED) is 0.554. The summed E-state index contributed by atoms with van der Waals surface area (Å²) in [7, 11) is 0. The fourth-order valence-electron chi connectivity index (χ4n) is 2.87. The predicted octanol–water partition coefficient (Wildman–Crippen LogP) is 4.16. The third kappa shape index (κ3) is 4.55. The summed E-state index contributed by atoms with van der Waals surface area (Å²) < 4.78 is 16.5. The highest BCUT2D eigenvalue weighted by Crippen LogP contribution is 2.43. The van der Waals surface area contributed by atoms with Crippen molar-refractivity contribution >= 4 is 17.6 Å². The van der Waals surface area contributed by atoms with E-state index in [1.54, 1.807) is 32.0 Å². The minimum Gasteiger partial charge on any atom is -0.493 e. The molecule has 1 aromatic rings. The fraction of sp³-hybridized carbons (Fsp3) is 0.400. The molecule has 0 fully saturated rings. The van der Waals surface area contributed by atoms with Gasteiger partial charge in [-0.3, -0.25) is 0 Å². The molecule has 0 amide bonds. The Hall–Kier alpha value is -2.65. The van der Waals surface area contributed by atoms with Crippen LogP contribution in [0.2, 0.25) is 5.02 Å². The predicted molar refractivity (Wildman–Crippen MR) is 102 cm³/mol. The highest BCUT2D eigenvalue weighted by Gasteiger charge is 2.38. The van der Waals surface area contributed by atoms with Crippen LogP contribution in [0.4, 0.5) is 0 Å². The van der Waals surface area contributed by atoms with Crippen molar-refractivity contribution in [1.82, 2.24) is 0 Å². The highest BCUT2D eigenvalue weighted by molar-refractivity contribution is 6.30. The lowest BCUT2D eigenvalue weighted by atomic mass is 9.82. The third-order valence-electron chi connectivity index (χ3n) is 4.14. The van der Waals surface area contributed by atoms with E-state index in [1.165, 1.54) is 0 Å². The first-order chi connectivity index (χ1) is 12.9. The molecule has 1 aromatic carbocycles. The van der Waals surface area contributed by atoms with Crippen molar-refractivity contribution in [1.29, 1.82) is 5.26 Å². The van der Waals surface area contributed by atoms with Crippen LogP contribution in [0.1, 0.15) is 45.1 Å². The topological polar surface area (TPSA) is 94.6 Å². The minimum atomic E-state index is -0.780. The van der Waals surface area contributed by atoms with Crippen LogP contribution < -0.4 is 10.5 Å². The number of hydrogen-bond donors (Lipinski definition) is 1. The maximum atomic E-state index is 12.6. The Balaban J connectivity index is 2.62. The average molecular weight is 391 g/mol. The molecule has 1 atom stereocenters. The van der Waals surface area contributed by atoms with E-state index in [1.807, 2.05) is 0 Å². The number of rotatable bonds is 7. The van der Waals surface area contributed by atoms with Crippen LogP contribution >= 0.6 is 11.6 Å². The van der Waals surface area contributed by atoms with Gasteiger partial charge in [0.05, 0.1) is 24.7 Å². The zero-order chi connectivity index (χ0) is 20.0. The van der Waals surface area contributed by atoms with Crippen molar-refractivity contribution in [2.45, 2.75) is 39.5 Å². The molecule has 0 aromatic heterocycles. The van der Waals surface area contributed by atoms with Gasteiger partial charge in [0.15, 0.2) is 0 Å². The highest BCUT2D eigenvalue weighted by atomic mass is 35.5. The van der Waals surface area contributed by atoms with E-state index in [9.17, 15) is 10.1 Å². The number of halogens is 1.